The smallest absolute Gasteiger partial charge is 0.303 e. The van der Waals surface area contributed by atoms with E-state index >= 15 is 0 Å². The molecule has 0 atom stereocenters. The van der Waals surface area contributed by atoms with Gasteiger partial charge in [0.1, 0.15) is 17.5 Å². The maximum atomic E-state index is 14.3. The van der Waals surface area contributed by atoms with Crippen molar-refractivity contribution >= 4 is 29.0 Å². The van der Waals surface area contributed by atoms with Gasteiger partial charge in [0.15, 0.2) is 0 Å². The van der Waals surface area contributed by atoms with Crippen LogP contribution in [0.5, 0.6) is 0 Å². The third-order valence-corrected chi connectivity index (χ3v) is 6.07. The van der Waals surface area contributed by atoms with Crippen molar-refractivity contribution in [2.24, 2.45) is 0 Å². The Labute approximate surface area is 178 Å². The molecular formula is C21H24F2N6O2. The molecule has 1 spiro atoms. The van der Waals surface area contributed by atoms with Gasteiger partial charge in [-0.15, -0.1) is 0 Å². The maximum Gasteiger partial charge on any atom is 0.303 e. The highest BCUT2D eigenvalue weighted by Crippen LogP contribution is 2.58. The van der Waals surface area contributed by atoms with Crippen LogP contribution in [0.2, 0.25) is 0 Å². The molecule has 0 unspecified atom stereocenters. The molecule has 0 bridgehead atoms. The molecule has 0 aromatic carbocycles. The lowest BCUT2D eigenvalue weighted by Gasteiger charge is -2.29. The fourth-order valence-corrected chi connectivity index (χ4v) is 4.29. The molecule has 2 fully saturated rings. The van der Waals surface area contributed by atoms with Gasteiger partial charge < -0.3 is 19.9 Å². The van der Waals surface area contributed by atoms with Crippen molar-refractivity contribution in [3.63, 3.8) is 0 Å². The fourth-order valence-electron chi connectivity index (χ4n) is 4.29. The second-order valence-electron chi connectivity index (χ2n) is 8.53. The zero-order valence-corrected chi connectivity index (χ0v) is 17.5. The Kier molecular flexibility index (Phi) is 4.58. The Morgan fingerprint density at radius 2 is 1.90 bits per heavy atom. The number of pyridine rings is 1. The summed E-state index contributed by atoms with van der Waals surface area (Å²) >= 11 is 0. The standard InChI is InChI=1S/C21H24F2N6O2/c1-13(30)25-16-9-15-14(11-24-16)21(3-4-21)12-29(15)18-10-17(28-5-7-31-8-6-28)26-19(27-18)20(2,22)23/h9-11H,3-8,12H2,1-2H3,(H,24,25,30). The van der Waals surface area contributed by atoms with Crippen LogP contribution >= 0.6 is 0 Å². The number of rotatable bonds is 4. The summed E-state index contributed by atoms with van der Waals surface area (Å²) in [5, 5.41) is 2.70. The number of carbonyl (C=O) groups is 1. The van der Waals surface area contributed by atoms with Crippen LogP contribution in [0.3, 0.4) is 0 Å². The van der Waals surface area contributed by atoms with Crippen molar-refractivity contribution in [3.8, 4) is 0 Å². The molecule has 8 nitrogen and oxygen atoms in total. The summed E-state index contributed by atoms with van der Waals surface area (Å²) < 4.78 is 34.0. The summed E-state index contributed by atoms with van der Waals surface area (Å²) in [4.78, 5) is 28.2. The van der Waals surface area contributed by atoms with E-state index in [1.807, 2.05) is 9.80 Å². The molecule has 2 aromatic rings. The van der Waals surface area contributed by atoms with Crippen LogP contribution in [0.25, 0.3) is 0 Å². The van der Waals surface area contributed by atoms with E-state index in [2.05, 4.69) is 20.3 Å². The van der Waals surface area contributed by atoms with Crippen molar-refractivity contribution in [2.75, 3.05) is 48.0 Å². The summed E-state index contributed by atoms with van der Waals surface area (Å²) in [5.41, 5.74) is 1.88. The Morgan fingerprint density at radius 3 is 2.55 bits per heavy atom. The molecule has 2 aliphatic heterocycles. The first-order chi connectivity index (χ1) is 14.7. The highest BCUT2D eigenvalue weighted by molar-refractivity contribution is 5.89. The number of fused-ring (bicyclic) bond motifs is 2. The van der Waals surface area contributed by atoms with Crippen LogP contribution in [-0.2, 0) is 20.9 Å². The number of aromatic nitrogens is 3. The Morgan fingerprint density at radius 1 is 1.19 bits per heavy atom. The number of hydrogen-bond acceptors (Lipinski definition) is 7. The lowest BCUT2D eigenvalue weighted by molar-refractivity contribution is -0.114. The highest BCUT2D eigenvalue weighted by atomic mass is 19.3. The number of amides is 1. The van der Waals surface area contributed by atoms with Crippen molar-refractivity contribution in [3.05, 3.63) is 29.7 Å². The SMILES string of the molecule is CC(=O)Nc1cc2c(cn1)C1(CC1)CN2c1cc(N2CCOCC2)nc(C(C)(F)F)n1. The summed E-state index contributed by atoms with van der Waals surface area (Å²) in [5.74, 6) is -2.56. The maximum absolute atomic E-state index is 14.3. The molecule has 2 aromatic heterocycles. The van der Waals surface area contributed by atoms with Crippen LogP contribution < -0.4 is 15.1 Å². The minimum absolute atomic E-state index is 0.0317. The number of carbonyl (C=O) groups excluding carboxylic acids is 1. The molecule has 1 N–H and O–H groups in total. The summed E-state index contributed by atoms with van der Waals surface area (Å²) in [6.07, 6.45) is 3.80. The minimum Gasteiger partial charge on any atom is -0.378 e. The predicted octanol–water partition coefficient (Wildman–Crippen LogP) is 2.96. The molecule has 5 rings (SSSR count). The van der Waals surface area contributed by atoms with Gasteiger partial charge in [0, 0.05) is 62.8 Å². The molecule has 1 amide bonds. The average Bonchev–Trinajstić information content (AvgIpc) is 3.44. The van der Waals surface area contributed by atoms with E-state index in [-0.39, 0.29) is 11.3 Å². The second-order valence-corrected chi connectivity index (χ2v) is 8.53. The number of ether oxygens (including phenoxy) is 1. The van der Waals surface area contributed by atoms with E-state index in [1.54, 1.807) is 18.3 Å². The van der Waals surface area contributed by atoms with Gasteiger partial charge in [-0.2, -0.15) is 8.78 Å². The lowest BCUT2D eigenvalue weighted by atomic mass is 10.0. The highest BCUT2D eigenvalue weighted by Gasteiger charge is 2.53. The Hall–Kier alpha value is -2.88. The van der Waals surface area contributed by atoms with Crippen LogP contribution in [-0.4, -0.2) is 53.7 Å². The van der Waals surface area contributed by atoms with E-state index in [0.29, 0.717) is 50.3 Å². The minimum atomic E-state index is -3.17. The van der Waals surface area contributed by atoms with Crippen LogP contribution in [0, 0.1) is 0 Å². The molecular weight excluding hydrogens is 406 g/mol. The number of anilines is 4. The van der Waals surface area contributed by atoms with Crippen LogP contribution in [0.15, 0.2) is 18.3 Å². The fraction of sp³-hybridized carbons (Fsp3) is 0.524. The van der Waals surface area contributed by atoms with E-state index in [9.17, 15) is 13.6 Å². The van der Waals surface area contributed by atoms with Crippen molar-refractivity contribution in [1.82, 2.24) is 15.0 Å². The number of nitrogens with zero attached hydrogens (tertiary/aromatic N) is 5. The van der Waals surface area contributed by atoms with Gasteiger partial charge in [-0.25, -0.2) is 15.0 Å². The average molecular weight is 430 g/mol. The first-order valence-electron chi connectivity index (χ1n) is 10.4. The lowest BCUT2D eigenvalue weighted by Crippen LogP contribution is -2.37. The molecule has 1 saturated carbocycles. The molecule has 31 heavy (non-hydrogen) atoms. The van der Waals surface area contributed by atoms with Crippen molar-refractivity contribution in [1.29, 1.82) is 0 Å². The van der Waals surface area contributed by atoms with Gasteiger partial charge >= 0.3 is 5.92 Å². The zero-order chi connectivity index (χ0) is 21.8. The number of hydrogen-bond donors (Lipinski definition) is 1. The van der Waals surface area contributed by atoms with E-state index in [0.717, 1.165) is 31.0 Å². The Bertz CT molecular complexity index is 1030. The zero-order valence-electron chi connectivity index (χ0n) is 17.5. The topological polar surface area (TPSA) is 83.5 Å². The first kappa shape index (κ1) is 20.0. The van der Waals surface area contributed by atoms with E-state index in [1.165, 1.54) is 6.92 Å². The third-order valence-electron chi connectivity index (χ3n) is 6.07. The molecule has 3 aliphatic rings. The molecule has 0 radical (unpaired) electrons. The normalized spacial score (nSPS) is 19.5. The van der Waals surface area contributed by atoms with E-state index in [4.69, 9.17) is 4.74 Å². The number of halogens is 2. The van der Waals surface area contributed by atoms with Crippen molar-refractivity contribution in [2.45, 2.75) is 38.0 Å². The second kappa shape index (κ2) is 7.08. The Balaban J connectivity index is 1.59. The molecule has 164 valence electrons. The van der Waals surface area contributed by atoms with Gasteiger partial charge in [-0.1, -0.05) is 0 Å². The summed E-state index contributed by atoms with van der Waals surface area (Å²) in [6, 6.07) is 3.56. The number of nitrogens with one attached hydrogen (secondary N) is 1. The summed E-state index contributed by atoms with van der Waals surface area (Å²) in [7, 11) is 0. The molecule has 1 saturated heterocycles. The quantitative estimate of drug-likeness (QED) is 0.798. The van der Waals surface area contributed by atoms with Gasteiger partial charge in [-0.3, -0.25) is 4.79 Å². The predicted molar refractivity (Wildman–Crippen MR) is 111 cm³/mol. The van der Waals surface area contributed by atoms with E-state index < -0.39 is 11.7 Å². The number of alkyl halides is 2. The monoisotopic (exact) mass is 430 g/mol. The van der Waals surface area contributed by atoms with Crippen LogP contribution in [0.4, 0.5) is 31.9 Å². The number of morpholine rings is 1. The van der Waals surface area contributed by atoms with Gasteiger partial charge in [0.25, 0.3) is 0 Å². The van der Waals surface area contributed by atoms with Gasteiger partial charge in [0.2, 0.25) is 11.7 Å². The molecule has 10 heteroatoms. The molecule has 1 aliphatic carbocycles. The van der Waals surface area contributed by atoms with Gasteiger partial charge in [0.05, 0.1) is 18.9 Å². The summed E-state index contributed by atoms with van der Waals surface area (Å²) in [6.45, 7) is 5.10. The largest absolute Gasteiger partial charge is 0.378 e. The van der Waals surface area contributed by atoms with Crippen LogP contribution in [0.1, 0.15) is 38.1 Å². The third kappa shape index (κ3) is 3.69. The van der Waals surface area contributed by atoms with Crippen molar-refractivity contribution < 1.29 is 18.3 Å². The first-order valence-corrected chi connectivity index (χ1v) is 10.4. The van der Waals surface area contributed by atoms with Gasteiger partial charge in [-0.05, 0) is 12.8 Å². The molecule has 4 heterocycles.